The molecule has 0 saturated heterocycles. The summed E-state index contributed by atoms with van der Waals surface area (Å²) in [5.74, 6) is -2.88. The first-order chi connectivity index (χ1) is 7.57. The number of allylic oxidation sites excluding steroid dienone is 1. The number of carboxylic acid groups (broad SMARTS) is 2. The van der Waals surface area contributed by atoms with Crippen LogP contribution in [0.5, 0.6) is 0 Å². The number of hydrogen-bond donors (Lipinski definition) is 3. The molecule has 0 fully saturated rings. The molecule has 0 amide bonds. The Bertz CT molecular complexity index is 526. The molecular formula is C9H11NO6S. The van der Waals surface area contributed by atoms with Gasteiger partial charge in [0.2, 0.25) is 10.0 Å². The van der Waals surface area contributed by atoms with Crippen LogP contribution in [0.4, 0.5) is 0 Å². The van der Waals surface area contributed by atoms with E-state index in [4.69, 9.17) is 15.4 Å². The van der Waals surface area contributed by atoms with Gasteiger partial charge in [-0.1, -0.05) is 6.58 Å². The molecule has 0 radical (unpaired) electrons. The number of carbonyl (C=O) groups is 2. The molecule has 7 nitrogen and oxygen atoms in total. The van der Waals surface area contributed by atoms with Crippen LogP contribution in [0.25, 0.3) is 0 Å². The largest absolute Gasteiger partial charge is 0.478 e. The van der Waals surface area contributed by atoms with E-state index in [-0.39, 0.29) is 5.57 Å². The lowest BCUT2D eigenvalue weighted by molar-refractivity contribution is -0.133. The molecule has 0 bridgehead atoms. The lowest BCUT2D eigenvalue weighted by Gasteiger charge is -2.01. The SMILES string of the molecule is C=C(/C=C\C(C(=O)O)=C(/C)S(N)(=O)=O)C(=O)O. The summed E-state index contributed by atoms with van der Waals surface area (Å²) in [5.41, 5.74) is -0.999. The van der Waals surface area contributed by atoms with Crippen LogP contribution in [-0.4, -0.2) is 30.6 Å². The standard InChI is InChI=1S/C9H11NO6S/c1-5(8(11)12)3-4-7(9(13)14)6(2)17(10,15)16/h3-4H,1H2,2H3,(H,11,12)(H,13,14)(H2,10,15,16)/b4-3-,7-6-. The molecule has 4 N–H and O–H groups in total. The smallest absolute Gasteiger partial charge is 0.336 e. The second-order valence-electron chi connectivity index (χ2n) is 2.98. The van der Waals surface area contributed by atoms with Crippen molar-refractivity contribution in [3.63, 3.8) is 0 Å². The Hall–Kier alpha value is -1.93. The summed E-state index contributed by atoms with van der Waals surface area (Å²) in [4.78, 5) is 20.6. The lowest BCUT2D eigenvalue weighted by Crippen LogP contribution is -2.16. The highest BCUT2D eigenvalue weighted by molar-refractivity contribution is 7.93. The zero-order chi connectivity index (χ0) is 13.8. The second kappa shape index (κ2) is 5.41. The fourth-order valence-corrected chi connectivity index (χ4v) is 1.21. The van der Waals surface area contributed by atoms with Gasteiger partial charge >= 0.3 is 11.9 Å². The zero-order valence-electron chi connectivity index (χ0n) is 8.87. The van der Waals surface area contributed by atoms with E-state index in [9.17, 15) is 18.0 Å². The molecule has 0 aliphatic heterocycles. The predicted molar refractivity (Wildman–Crippen MR) is 59.4 cm³/mol. The monoisotopic (exact) mass is 261 g/mol. The number of sulfonamides is 1. The molecule has 0 aromatic heterocycles. The Balaban J connectivity index is 5.54. The van der Waals surface area contributed by atoms with Crippen molar-refractivity contribution in [2.75, 3.05) is 0 Å². The van der Waals surface area contributed by atoms with Crippen molar-refractivity contribution in [2.45, 2.75) is 6.92 Å². The van der Waals surface area contributed by atoms with Crippen LogP contribution >= 0.6 is 0 Å². The average Bonchev–Trinajstić information content (AvgIpc) is 2.15. The molecule has 8 heteroatoms. The lowest BCUT2D eigenvalue weighted by atomic mass is 10.2. The van der Waals surface area contributed by atoms with Crippen molar-refractivity contribution in [3.8, 4) is 0 Å². The van der Waals surface area contributed by atoms with Gasteiger partial charge in [-0.2, -0.15) is 0 Å². The third kappa shape index (κ3) is 4.62. The summed E-state index contributed by atoms with van der Waals surface area (Å²) in [5, 5.41) is 22.0. The molecule has 0 aromatic carbocycles. The Morgan fingerprint density at radius 3 is 1.94 bits per heavy atom. The van der Waals surface area contributed by atoms with E-state index in [1.54, 1.807) is 0 Å². The van der Waals surface area contributed by atoms with E-state index in [0.717, 1.165) is 19.1 Å². The summed E-state index contributed by atoms with van der Waals surface area (Å²) in [6.45, 7) is 4.13. The molecule has 0 rings (SSSR count). The van der Waals surface area contributed by atoms with Crippen LogP contribution in [0.1, 0.15) is 6.92 Å². The van der Waals surface area contributed by atoms with Gasteiger partial charge in [0.05, 0.1) is 16.1 Å². The van der Waals surface area contributed by atoms with Crippen LogP contribution < -0.4 is 5.14 Å². The summed E-state index contributed by atoms with van der Waals surface area (Å²) in [7, 11) is -4.14. The molecule has 94 valence electrons. The second-order valence-corrected chi connectivity index (χ2v) is 4.69. The van der Waals surface area contributed by atoms with E-state index in [1.165, 1.54) is 0 Å². The molecule has 17 heavy (non-hydrogen) atoms. The maximum absolute atomic E-state index is 10.9. The van der Waals surface area contributed by atoms with Crippen molar-refractivity contribution >= 4 is 22.0 Å². The highest BCUT2D eigenvalue weighted by Crippen LogP contribution is 2.11. The number of hydrogen-bond acceptors (Lipinski definition) is 4. The highest BCUT2D eigenvalue weighted by atomic mass is 32.2. The first kappa shape index (κ1) is 15.1. The first-order valence-corrected chi connectivity index (χ1v) is 5.69. The van der Waals surface area contributed by atoms with Gasteiger partial charge in [0.1, 0.15) is 0 Å². The number of primary sulfonamides is 1. The van der Waals surface area contributed by atoms with Gasteiger partial charge in [0.25, 0.3) is 0 Å². The van der Waals surface area contributed by atoms with E-state index < -0.39 is 32.4 Å². The molecule has 0 unspecified atom stereocenters. The minimum absolute atomic E-state index is 0.383. The molecular weight excluding hydrogens is 250 g/mol. The van der Waals surface area contributed by atoms with Gasteiger partial charge in [0, 0.05) is 0 Å². The first-order valence-electron chi connectivity index (χ1n) is 4.14. The van der Waals surface area contributed by atoms with Crippen molar-refractivity contribution in [1.29, 1.82) is 0 Å². The van der Waals surface area contributed by atoms with Gasteiger partial charge in [-0.15, -0.1) is 0 Å². The Morgan fingerprint density at radius 2 is 1.65 bits per heavy atom. The maximum Gasteiger partial charge on any atom is 0.336 e. The van der Waals surface area contributed by atoms with Gasteiger partial charge in [-0.3, -0.25) is 0 Å². The molecule has 0 spiro atoms. The number of nitrogens with two attached hydrogens (primary N) is 1. The van der Waals surface area contributed by atoms with Crippen LogP contribution in [0.3, 0.4) is 0 Å². The van der Waals surface area contributed by atoms with Gasteiger partial charge < -0.3 is 10.2 Å². The summed E-state index contributed by atoms with van der Waals surface area (Å²) in [6.07, 6.45) is 1.69. The van der Waals surface area contributed by atoms with Crippen molar-refractivity contribution in [2.24, 2.45) is 5.14 Å². The third-order valence-corrected chi connectivity index (χ3v) is 2.84. The van der Waals surface area contributed by atoms with E-state index in [0.29, 0.717) is 0 Å². The Labute approximate surface area is 97.6 Å². The van der Waals surface area contributed by atoms with Crippen molar-refractivity contribution < 1.29 is 28.2 Å². The van der Waals surface area contributed by atoms with Crippen LogP contribution in [0.2, 0.25) is 0 Å². The highest BCUT2D eigenvalue weighted by Gasteiger charge is 2.16. The molecule has 0 aliphatic rings. The number of carboxylic acids is 2. The fourth-order valence-electron chi connectivity index (χ4n) is 0.748. The van der Waals surface area contributed by atoms with Gasteiger partial charge in [0.15, 0.2) is 0 Å². The zero-order valence-corrected chi connectivity index (χ0v) is 9.69. The average molecular weight is 261 g/mol. The fraction of sp³-hybridized carbons (Fsp3) is 0.111. The van der Waals surface area contributed by atoms with E-state index in [2.05, 4.69) is 6.58 Å². The Morgan fingerprint density at radius 1 is 1.18 bits per heavy atom. The van der Waals surface area contributed by atoms with E-state index >= 15 is 0 Å². The number of aliphatic carboxylic acids is 2. The molecule has 0 atom stereocenters. The van der Waals surface area contributed by atoms with Crippen LogP contribution in [-0.2, 0) is 19.6 Å². The van der Waals surface area contributed by atoms with Crippen LogP contribution in [0.15, 0.2) is 34.8 Å². The number of rotatable bonds is 5. The maximum atomic E-state index is 10.9. The van der Waals surface area contributed by atoms with Crippen molar-refractivity contribution in [1.82, 2.24) is 0 Å². The van der Waals surface area contributed by atoms with Gasteiger partial charge in [-0.25, -0.2) is 23.1 Å². The normalized spacial score (nSPS) is 13.3. The van der Waals surface area contributed by atoms with Crippen LogP contribution in [0, 0.1) is 0 Å². The molecule has 0 saturated carbocycles. The summed E-state index contributed by atoms with van der Waals surface area (Å²) >= 11 is 0. The molecule has 0 heterocycles. The third-order valence-electron chi connectivity index (χ3n) is 1.76. The molecule has 0 aromatic rings. The Kier molecular flexibility index (Phi) is 4.80. The molecule has 0 aliphatic carbocycles. The topological polar surface area (TPSA) is 135 Å². The summed E-state index contributed by atoms with van der Waals surface area (Å²) < 4.78 is 21.9. The van der Waals surface area contributed by atoms with Gasteiger partial charge in [-0.05, 0) is 19.1 Å². The minimum Gasteiger partial charge on any atom is -0.478 e. The minimum atomic E-state index is -4.14. The van der Waals surface area contributed by atoms with Crippen molar-refractivity contribution in [3.05, 3.63) is 34.8 Å². The van der Waals surface area contributed by atoms with E-state index in [1.807, 2.05) is 0 Å². The summed E-state index contributed by atoms with van der Waals surface area (Å²) in [6, 6.07) is 0. The quantitative estimate of drug-likeness (QED) is 0.464. The predicted octanol–water partition coefficient (Wildman–Crippen LogP) is -0.169.